The van der Waals surface area contributed by atoms with Crippen LogP contribution in [0.2, 0.25) is 0 Å². The fourth-order valence-corrected chi connectivity index (χ4v) is 3.80. The van der Waals surface area contributed by atoms with Crippen LogP contribution in [-0.2, 0) is 15.0 Å². The van der Waals surface area contributed by atoms with Crippen LogP contribution in [0.3, 0.4) is 0 Å². The number of carbonyl (C=O) groups is 3. The zero-order valence-electron chi connectivity index (χ0n) is 13.9. The first-order valence-corrected chi connectivity index (χ1v) is 8.49. The molecule has 26 heavy (non-hydrogen) atoms. The van der Waals surface area contributed by atoms with E-state index in [1.165, 1.54) is 24.3 Å². The van der Waals surface area contributed by atoms with E-state index in [9.17, 15) is 18.8 Å². The maximum absolute atomic E-state index is 13.7. The second-order valence-corrected chi connectivity index (χ2v) is 6.63. The van der Waals surface area contributed by atoms with Gasteiger partial charge < -0.3 is 4.84 Å². The highest BCUT2D eigenvalue weighted by atomic mass is 19.1. The average Bonchev–Trinajstić information content (AvgIpc) is 3.23. The van der Waals surface area contributed by atoms with Crippen molar-refractivity contribution in [2.24, 2.45) is 0 Å². The summed E-state index contributed by atoms with van der Waals surface area (Å²) >= 11 is 0. The third kappa shape index (κ3) is 2.41. The SMILES string of the molecule is O=C1c2ccccc2C(=O)N1OC(=O)C1(c2cccc(F)c2)CCCC1. The molecule has 1 aliphatic heterocycles. The predicted molar refractivity (Wildman–Crippen MR) is 89.6 cm³/mol. The zero-order valence-corrected chi connectivity index (χ0v) is 13.9. The van der Waals surface area contributed by atoms with Crippen LogP contribution >= 0.6 is 0 Å². The standard InChI is InChI=1S/C20H16FNO4/c21-14-7-5-6-13(12-14)20(10-3-4-11-20)19(25)26-22-17(23)15-8-1-2-9-16(15)18(22)24/h1-2,5-9,12H,3-4,10-11H2. The van der Waals surface area contributed by atoms with Gasteiger partial charge in [0, 0.05) is 0 Å². The summed E-state index contributed by atoms with van der Waals surface area (Å²) in [6, 6.07) is 12.2. The summed E-state index contributed by atoms with van der Waals surface area (Å²) in [5, 5.41) is 0.520. The van der Waals surface area contributed by atoms with Gasteiger partial charge in [-0.2, -0.15) is 0 Å². The quantitative estimate of drug-likeness (QED) is 0.794. The van der Waals surface area contributed by atoms with Gasteiger partial charge >= 0.3 is 5.97 Å². The van der Waals surface area contributed by atoms with E-state index < -0.39 is 29.0 Å². The molecule has 2 aliphatic rings. The molecule has 1 saturated carbocycles. The number of hydroxylamine groups is 2. The van der Waals surface area contributed by atoms with Crippen molar-refractivity contribution >= 4 is 17.8 Å². The third-order valence-electron chi connectivity index (χ3n) is 5.16. The van der Waals surface area contributed by atoms with Crippen molar-refractivity contribution in [2.45, 2.75) is 31.1 Å². The van der Waals surface area contributed by atoms with Gasteiger partial charge in [-0.1, -0.05) is 42.2 Å². The lowest BCUT2D eigenvalue weighted by molar-refractivity contribution is -0.175. The molecule has 0 radical (unpaired) electrons. The zero-order chi connectivity index (χ0) is 18.3. The van der Waals surface area contributed by atoms with E-state index in [1.807, 2.05) is 0 Å². The summed E-state index contributed by atoms with van der Waals surface area (Å²) in [7, 11) is 0. The van der Waals surface area contributed by atoms with Crippen molar-refractivity contribution in [1.29, 1.82) is 0 Å². The van der Waals surface area contributed by atoms with Gasteiger partial charge in [-0.3, -0.25) is 9.59 Å². The number of rotatable bonds is 3. The molecule has 2 aromatic carbocycles. The molecule has 1 heterocycles. The van der Waals surface area contributed by atoms with Gasteiger partial charge in [-0.15, -0.1) is 0 Å². The van der Waals surface area contributed by atoms with Crippen LogP contribution in [0.5, 0.6) is 0 Å². The Hall–Kier alpha value is -3.02. The Labute approximate surface area is 149 Å². The van der Waals surface area contributed by atoms with Gasteiger partial charge in [0.1, 0.15) is 5.82 Å². The summed E-state index contributed by atoms with van der Waals surface area (Å²) in [6.07, 6.45) is 2.54. The molecule has 132 valence electrons. The highest BCUT2D eigenvalue weighted by Gasteiger charge is 2.48. The molecule has 6 heteroatoms. The summed E-state index contributed by atoms with van der Waals surface area (Å²) in [6.45, 7) is 0. The van der Waals surface area contributed by atoms with Gasteiger partial charge in [0.25, 0.3) is 11.8 Å². The molecule has 0 atom stereocenters. The lowest BCUT2D eigenvalue weighted by Crippen LogP contribution is -2.42. The van der Waals surface area contributed by atoms with Crippen molar-refractivity contribution in [3.8, 4) is 0 Å². The topological polar surface area (TPSA) is 63.7 Å². The number of carbonyl (C=O) groups excluding carboxylic acids is 3. The first-order chi connectivity index (χ1) is 12.5. The highest BCUT2D eigenvalue weighted by Crippen LogP contribution is 2.43. The Morgan fingerprint density at radius 1 is 0.962 bits per heavy atom. The van der Waals surface area contributed by atoms with Crippen LogP contribution in [0.4, 0.5) is 4.39 Å². The van der Waals surface area contributed by atoms with Crippen molar-refractivity contribution in [3.63, 3.8) is 0 Å². The molecular weight excluding hydrogens is 337 g/mol. The van der Waals surface area contributed by atoms with E-state index in [1.54, 1.807) is 24.3 Å². The molecule has 0 aromatic heterocycles. The molecule has 1 fully saturated rings. The van der Waals surface area contributed by atoms with E-state index in [0.29, 0.717) is 23.5 Å². The molecule has 5 nitrogen and oxygen atoms in total. The maximum atomic E-state index is 13.7. The van der Waals surface area contributed by atoms with Crippen LogP contribution in [0, 0.1) is 5.82 Å². The summed E-state index contributed by atoms with van der Waals surface area (Å²) in [5.74, 6) is -2.46. The number of benzene rings is 2. The van der Waals surface area contributed by atoms with Crippen LogP contribution in [0.1, 0.15) is 52.0 Å². The molecular formula is C20H16FNO4. The number of hydrogen-bond donors (Lipinski definition) is 0. The number of nitrogens with zero attached hydrogens (tertiary/aromatic N) is 1. The Kier molecular flexibility index (Phi) is 3.83. The molecule has 0 N–H and O–H groups in total. The van der Waals surface area contributed by atoms with Crippen LogP contribution in [-0.4, -0.2) is 22.8 Å². The maximum Gasteiger partial charge on any atom is 0.343 e. The third-order valence-corrected chi connectivity index (χ3v) is 5.16. The van der Waals surface area contributed by atoms with Gasteiger partial charge in [-0.25, -0.2) is 9.18 Å². The van der Waals surface area contributed by atoms with E-state index in [2.05, 4.69) is 0 Å². The molecule has 0 unspecified atom stereocenters. The molecule has 2 amide bonds. The second-order valence-electron chi connectivity index (χ2n) is 6.63. The van der Waals surface area contributed by atoms with Crippen LogP contribution in [0.15, 0.2) is 48.5 Å². The Morgan fingerprint density at radius 3 is 2.15 bits per heavy atom. The highest BCUT2D eigenvalue weighted by molar-refractivity contribution is 6.21. The summed E-state index contributed by atoms with van der Waals surface area (Å²) < 4.78 is 13.7. The monoisotopic (exact) mass is 353 g/mol. The van der Waals surface area contributed by atoms with E-state index in [-0.39, 0.29) is 11.1 Å². The number of hydrogen-bond acceptors (Lipinski definition) is 4. The van der Waals surface area contributed by atoms with Crippen molar-refractivity contribution in [1.82, 2.24) is 5.06 Å². The summed E-state index contributed by atoms with van der Waals surface area (Å²) in [5.41, 5.74) is -0.123. The number of fused-ring (bicyclic) bond motifs is 1. The van der Waals surface area contributed by atoms with Crippen molar-refractivity contribution in [2.75, 3.05) is 0 Å². The molecule has 0 spiro atoms. The predicted octanol–water partition coefficient (Wildman–Crippen LogP) is 3.39. The summed E-state index contributed by atoms with van der Waals surface area (Å²) in [4.78, 5) is 43.1. The van der Waals surface area contributed by atoms with Crippen LogP contribution in [0.25, 0.3) is 0 Å². The van der Waals surface area contributed by atoms with Crippen LogP contribution < -0.4 is 0 Å². The molecule has 2 aromatic rings. The lowest BCUT2D eigenvalue weighted by atomic mass is 9.79. The van der Waals surface area contributed by atoms with Gasteiger partial charge in [0.15, 0.2) is 0 Å². The van der Waals surface area contributed by atoms with E-state index in [0.717, 1.165) is 12.8 Å². The van der Waals surface area contributed by atoms with E-state index >= 15 is 0 Å². The van der Waals surface area contributed by atoms with Gasteiger partial charge in [0.05, 0.1) is 16.5 Å². The Morgan fingerprint density at radius 2 is 1.58 bits per heavy atom. The molecule has 4 rings (SSSR count). The van der Waals surface area contributed by atoms with E-state index in [4.69, 9.17) is 4.84 Å². The fraction of sp³-hybridized carbons (Fsp3) is 0.250. The first-order valence-electron chi connectivity index (χ1n) is 8.49. The minimum absolute atomic E-state index is 0.205. The molecule has 0 saturated heterocycles. The smallest absolute Gasteiger partial charge is 0.329 e. The number of halogens is 1. The normalized spacial score (nSPS) is 18.1. The van der Waals surface area contributed by atoms with Crippen molar-refractivity contribution < 1.29 is 23.6 Å². The second kappa shape index (κ2) is 6.05. The van der Waals surface area contributed by atoms with Gasteiger partial charge in [-0.05, 0) is 42.7 Å². The number of amides is 2. The Balaban J connectivity index is 1.65. The minimum Gasteiger partial charge on any atom is -0.329 e. The molecule has 0 bridgehead atoms. The largest absolute Gasteiger partial charge is 0.343 e. The van der Waals surface area contributed by atoms with Gasteiger partial charge in [0.2, 0.25) is 0 Å². The molecule has 1 aliphatic carbocycles. The lowest BCUT2D eigenvalue weighted by Gasteiger charge is -2.28. The van der Waals surface area contributed by atoms with Crippen molar-refractivity contribution in [3.05, 3.63) is 71.0 Å². The number of imide groups is 1. The fourth-order valence-electron chi connectivity index (χ4n) is 3.80. The Bertz CT molecular complexity index is 883. The minimum atomic E-state index is -1.04. The average molecular weight is 353 g/mol. The first kappa shape index (κ1) is 16.4.